The zero-order valence-corrected chi connectivity index (χ0v) is 15.0. The molecule has 0 aromatic heterocycles. The summed E-state index contributed by atoms with van der Waals surface area (Å²) in [5, 5.41) is 12.2. The molecule has 1 aromatic carbocycles. The van der Waals surface area contributed by atoms with Crippen LogP contribution in [0, 0.1) is 11.8 Å². The van der Waals surface area contributed by atoms with Gasteiger partial charge in [0.05, 0.1) is 11.8 Å². The molecule has 0 saturated heterocycles. The van der Waals surface area contributed by atoms with Crippen LogP contribution in [0.5, 0.6) is 5.75 Å². The van der Waals surface area contributed by atoms with Gasteiger partial charge in [-0.3, -0.25) is 9.59 Å². The van der Waals surface area contributed by atoms with Crippen molar-refractivity contribution in [2.75, 3.05) is 27.2 Å². The number of carboxylic acid groups (broad SMARTS) is 1. The quantitative estimate of drug-likeness (QED) is 0.752. The highest BCUT2D eigenvalue weighted by Gasteiger charge is 2.35. The normalized spacial score (nSPS) is 20.3. The topological polar surface area (TPSA) is 78.9 Å². The number of hydrogen-bond donors (Lipinski definition) is 2. The van der Waals surface area contributed by atoms with Gasteiger partial charge in [0.1, 0.15) is 12.4 Å². The fourth-order valence-corrected chi connectivity index (χ4v) is 3.15. The van der Waals surface area contributed by atoms with Crippen molar-refractivity contribution < 1.29 is 19.4 Å². The number of carbonyl (C=O) groups is 2. The molecule has 1 aromatic rings. The van der Waals surface area contributed by atoms with Gasteiger partial charge in [0.2, 0.25) is 5.91 Å². The van der Waals surface area contributed by atoms with Gasteiger partial charge in [-0.1, -0.05) is 25.0 Å². The van der Waals surface area contributed by atoms with Gasteiger partial charge < -0.3 is 20.1 Å². The number of ether oxygens (including phenoxy) is 1. The summed E-state index contributed by atoms with van der Waals surface area (Å²) in [5.74, 6) is -1.24. The van der Waals surface area contributed by atoms with Gasteiger partial charge in [-0.15, -0.1) is 0 Å². The first-order valence-electron chi connectivity index (χ1n) is 8.84. The van der Waals surface area contributed by atoms with E-state index in [0.29, 0.717) is 26.0 Å². The minimum atomic E-state index is -0.865. The van der Waals surface area contributed by atoms with Gasteiger partial charge in [0.25, 0.3) is 0 Å². The van der Waals surface area contributed by atoms with Crippen molar-refractivity contribution in [1.82, 2.24) is 10.2 Å². The van der Waals surface area contributed by atoms with Crippen molar-refractivity contribution in [3.63, 3.8) is 0 Å². The number of aliphatic carboxylic acids is 1. The number of hydrogen-bond acceptors (Lipinski definition) is 4. The second-order valence-electron chi connectivity index (χ2n) is 6.85. The van der Waals surface area contributed by atoms with Crippen molar-refractivity contribution in [2.24, 2.45) is 11.8 Å². The highest BCUT2D eigenvalue weighted by Crippen LogP contribution is 2.30. The van der Waals surface area contributed by atoms with E-state index in [9.17, 15) is 14.7 Å². The molecule has 6 nitrogen and oxygen atoms in total. The molecule has 2 unspecified atom stereocenters. The van der Waals surface area contributed by atoms with Crippen LogP contribution >= 0.6 is 0 Å². The Morgan fingerprint density at radius 1 is 1.24 bits per heavy atom. The third-order valence-electron chi connectivity index (χ3n) is 4.59. The van der Waals surface area contributed by atoms with E-state index in [-0.39, 0.29) is 5.91 Å². The van der Waals surface area contributed by atoms with E-state index in [1.54, 1.807) is 0 Å². The van der Waals surface area contributed by atoms with Crippen molar-refractivity contribution in [1.29, 1.82) is 0 Å². The monoisotopic (exact) mass is 348 g/mol. The molecule has 0 bridgehead atoms. The third-order valence-corrected chi connectivity index (χ3v) is 4.59. The van der Waals surface area contributed by atoms with E-state index < -0.39 is 17.8 Å². The second-order valence-corrected chi connectivity index (χ2v) is 6.85. The fraction of sp³-hybridized carbons (Fsp3) is 0.579. The molecule has 0 aliphatic heterocycles. The zero-order valence-electron chi connectivity index (χ0n) is 15.0. The maximum atomic E-state index is 12.4. The smallest absolute Gasteiger partial charge is 0.307 e. The third kappa shape index (κ3) is 6.05. The Balaban J connectivity index is 1.87. The first-order valence-corrected chi connectivity index (χ1v) is 8.84. The molecule has 1 aliphatic rings. The van der Waals surface area contributed by atoms with Gasteiger partial charge in [-0.25, -0.2) is 0 Å². The molecule has 1 amide bonds. The van der Waals surface area contributed by atoms with Crippen LogP contribution in [0.1, 0.15) is 31.2 Å². The number of carboxylic acids is 1. The van der Waals surface area contributed by atoms with E-state index in [2.05, 4.69) is 5.32 Å². The van der Waals surface area contributed by atoms with Crippen LogP contribution in [0.15, 0.2) is 24.3 Å². The second kappa shape index (κ2) is 9.42. The Labute approximate surface area is 149 Å². The summed E-state index contributed by atoms with van der Waals surface area (Å²) in [7, 11) is 3.98. The van der Waals surface area contributed by atoms with Crippen LogP contribution < -0.4 is 10.1 Å². The van der Waals surface area contributed by atoms with E-state index >= 15 is 0 Å². The largest absolute Gasteiger partial charge is 0.492 e. The van der Waals surface area contributed by atoms with Crippen LogP contribution in [0.2, 0.25) is 0 Å². The van der Waals surface area contributed by atoms with Crippen LogP contribution in [0.3, 0.4) is 0 Å². The lowest BCUT2D eigenvalue weighted by molar-refractivity contribution is -0.148. The van der Waals surface area contributed by atoms with E-state index in [1.807, 2.05) is 43.3 Å². The van der Waals surface area contributed by atoms with E-state index in [0.717, 1.165) is 30.7 Å². The fourth-order valence-electron chi connectivity index (χ4n) is 3.15. The summed E-state index contributed by atoms with van der Waals surface area (Å²) in [4.78, 5) is 25.8. The standard InChI is InChI=1S/C19H28N2O4/c1-21(2)10-11-25-15-7-5-6-14(12-15)13-20-18(22)16-8-3-4-9-17(16)19(23)24/h5-7,12,16-17H,3-4,8-11,13H2,1-2H3,(H,20,22)(H,23,24). The van der Waals surface area contributed by atoms with Crippen LogP contribution in [-0.4, -0.2) is 49.1 Å². The highest BCUT2D eigenvalue weighted by atomic mass is 16.5. The number of nitrogens with one attached hydrogen (secondary N) is 1. The summed E-state index contributed by atoms with van der Waals surface area (Å²) in [6.07, 6.45) is 3.03. The molecule has 2 N–H and O–H groups in total. The molecule has 6 heteroatoms. The first kappa shape index (κ1) is 19.2. The predicted octanol–water partition coefficient (Wildman–Crippen LogP) is 2.13. The highest BCUT2D eigenvalue weighted by molar-refractivity contribution is 5.84. The zero-order chi connectivity index (χ0) is 18.2. The summed E-state index contributed by atoms with van der Waals surface area (Å²) >= 11 is 0. The number of amides is 1. The average Bonchev–Trinajstić information content (AvgIpc) is 2.59. The number of benzene rings is 1. The van der Waals surface area contributed by atoms with Crippen molar-refractivity contribution in [3.05, 3.63) is 29.8 Å². The Kier molecular flexibility index (Phi) is 7.25. The van der Waals surface area contributed by atoms with Gasteiger partial charge in [-0.05, 0) is 44.6 Å². The molecule has 1 fully saturated rings. The van der Waals surface area contributed by atoms with Crippen LogP contribution in [0.25, 0.3) is 0 Å². The lowest BCUT2D eigenvalue weighted by Crippen LogP contribution is -2.39. The molecule has 138 valence electrons. The Morgan fingerprint density at radius 3 is 2.64 bits per heavy atom. The Morgan fingerprint density at radius 2 is 1.96 bits per heavy atom. The number of carbonyl (C=O) groups excluding carboxylic acids is 1. The Bertz CT molecular complexity index is 589. The number of rotatable bonds is 8. The summed E-state index contributed by atoms with van der Waals surface area (Å²) in [6, 6.07) is 7.62. The molecule has 2 rings (SSSR count). The van der Waals surface area contributed by atoms with Crippen molar-refractivity contribution in [3.8, 4) is 5.75 Å². The number of nitrogens with zero attached hydrogens (tertiary/aromatic N) is 1. The van der Waals surface area contributed by atoms with E-state index in [4.69, 9.17) is 4.74 Å². The Hall–Kier alpha value is -2.08. The van der Waals surface area contributed by atoms with Crippen molar-refractivity contribution in [2.45, 2.75) is 32.2 Å². The predicted molar refractivity (Wildman–Crippen MR) is 95.4 cm³/mol. The SMILES string of the molecule is CN(C)CCOc1cccc(CNC(=O)C2CCCCC2C(=O)O)c1. The molecule has 0 heterocycles. The molecule has 1 saturated carbocycles. The minimum absolute atomic E-state index is 0.161. The summed E-state index contributed by atoms with van der Waals surface area (Å²) in [6.45, 7) is 1.82. The van der Waals surface area contributed by atoms with Gasteiger partial charge in [0.15, 0.2) is 0 Å². The maximum Gasteiger partial charge on any atom is 0.307 e. The lowest BCUT2D eigenvalue weighted by Gasteiger charge is -2.27. The molecular weight excluding hydrogens is 320 g/mol. The van der Waals surface area contributed by atoms with Crippen molar-refractivity contribution >= 4 is 11.9 Å². The molecule has 1 aliphatic carbocycles. The minimum Gasteiger partial charge on any atom is -0.492 e. The maximum absolute atomic E-state index is 12.4. The lowest BCUT2D eigenvalue weighted by atomic mass is 9.78. The molecule has 0 spiro atoms. The van der Waals surface area contributed by atoms with Gasteiger partial charge >= 0.3 is 5.97 Å². The van der Waals surface area contributed by atoms with Gasteiger partial charge in [0, 0.05) is 13.1 Å². The van der Waals surface area contributed by atoms with Crippen LogP contribution in [0.4, 0.5) is 0 Å². The average molecular weight is 348 g/mol. The van der Waals surface area contributed by atoms with E-state index in [1.165, 1.54) is 0 Å². The molecule has 25 heavy (non-hydrogen) atoms. The molecule has 0 radical (unpaired) electrons. The number of likely N-dealkylation sites (N-methyl/N-ethyl adjacent to an activating group) is 1. The summed E-state index contributed by atoms with van der Waals surface area (Å²) in [5.41, 5.74) is 0.943. The molecule has 2 atom stereocenters. The van der Waals surface area contributed by atoms with Crippen LogP contribution in [-0.2, 0) is 16.1 Å². The van der Waals surface area contributed by atoms with Gasteiger partial charge in [-0.2, -0.15) is 0 Å². The molecular formula is C19H28N2O4. The first-order chi connectivity index (χ1) is 12.0. The summed E-state index contributed by atoms with van der Waals surface area (Å²) < 4.78 is 5.70.